The highest BCUT2D eigenvalue weighted by atomic mass is 16.5. The number of rotatable bonds is 5. The average Bonchev–Trinajstić information content (AvgIpc) is 3.41. The van der Waals surface area contributed by atoms with Gasteiger partial charge in [-0.15, -0.1) is 0 Å². The Morgan fingerprint density at radius 2 is 1.92 bits per heavy atom. The smallest absolute Gasteiger partial charge is 0.273 e. The standard InChI is InChI=1S/C20H24N2O4/c1-12(2)19(14-6-7-16-18(10-14)25-9-3-8-24-16)21-20(23)15-11-17(26-22-15)13-4-5-13/h6-7,10-13,19H,3-5,8-9H2,1-2H3,(H,21,23)/t19-/m0/s1. The van der Waals surface area contributed by atoms with Crippen LogP contribution in [0.2, 0.25) is 0 Å². The predicted molar refractivity (Wildman–Crippen MR) is 95.6 cm³/mol. The summed E-state index contributed by atoms with van der Waals surface area (Å²) in [7, 11) is 0. The van der Waals surface area contributed by atoms with Crippen LogP contribution in [0.3, 0.4) is 0 Å². The number of fused-ring (bicyclic) bond motifs is 1. The van der Waals surface area contributed by atoms with Gasteiger partial charge in [-0.1, -0.05) is 25.1 Å². The first kappa shape index (κ1) is 16.9. The van der Waals surface area contributed by atoms with Crippen LogP contribution in [0.25, 0.3) is 0 Å². The fourth-order valence-electron chi connectivity index (χ4n) is 3.18. The molecule has 0 bridgehead atoms. The van der Waals surface area contributed by atoms with Gasteiger partial charge in [0.1, 0.15) is 5.76 Å². The molecule has 1 N–H and O–H groups in total. The van der Waals surface area contributed by atoms with Crippen molar-refractivity contribution in [2.75, 3.05) is 13.2 Å². The molecular formula is C20H24N2O4. The van der Waals surface area contributed by atoms with Crippen molar-refractivity contribution >= 4 is 5.91 Å². The largest absolute Gasteiger partial charge is 0.490 e. The molecule has 138 valence electrons. The van der Waals surface area contributed by atoms with Crippen molar-refractivity contribution in [3.05, 3.63) is 41.3 Å². The predicted octanol–water partition coefficient (Wildman–Crippen LogP) is 3.84. The van der Waals surface area contributed by atoms with Crippen LogP contribution in [-0.2, 0) is 0 Å². The number of hydrogen-bond donors (Lipinski definition) is 1. The highest BCUT2D eigenvalue weighted by Crippen LogP contribution is 2.40. The summed E-state index contributed by atoms with van der Waals surface area (Å²) >= 11 is 0. The molecule has 2 aromatic rings. The quantitative estimate of drug-likeness (QED) is 0.881. The normalized spacial score (nSPS) is 17.7. The lowest BCUT2D eigenvalue weighted by Gasteiger charge is -2.23. The molecule has 6 heteroatoms. The highest BCUT2D eigenvalue weighted by Gasteiger charge is 2.29. The zero-order valence-electron chi connectivity index (χ0n) is 15.2. The van der Waals surface area contributed by atoms with Crippen LogP contribution in [-0.4, -0.2) is 24.3 Å². The Morgan fingerprint density at radius 3 is 2.65 bits per heavy atom. The molecule has 0 saturated heterocycles. The van der Waals surface area contributed by atoms with E-state index in [0.717, 1.165) is 42.1 Å². The van der Waals surface area contributed by atoms with Crippen molar-refractivity contribution < 1.29 is 18.8 Å². The van der Waals surface area contributed by atoms with Gasteiger partial charge in [0.05, 0.1) is 19.3 Å². The molecule has 2 aliphatic rings. The van der Waals surface area contributed by atoms with Crippen LogP contribution in [0.15, 0.2) is 28.8 Å². The molecule has 0 radical (unpaired) electrons. The Labute approximate surface area is 152 Å². The topological polar surface area (TPSA) is 73.6 Å². The lowest BCUT2D eigenvalue weighted by Crippen LogP contribution is -2.32. The first-order valence-electron chi connectivity index (χ1n) is 9.29. The van der Waals surface area contributed by atoms with Crippen molar-refractivity contribution in [3.8, 4) is 11.5 Å². The van der Waals surface area contributed by atoms with Gasteiger partial charge in [0.2, 0.25) is 0 Å². The minimum absolute atomic E-state index is 0.152. The van der Waals surface area contributed by atoms with E-state index in [1.807, 2.05) is 18.2 Å². The van der Waals surface area contributed by atoms with Crippen LogP contribution in [0, 0.1) is 5.92 Å². The van der Waals surface area contributed by atoms with Gasteiger partial charge in [-0.3, -0.25) is 4.79 Å². The van der Waals surface area contributed by atoms with Gasteiger partial charge in [0, 0.05) is 18.4 Å². The molecule has 0 spiro atoms. The fraction of sp³-hybridized carbons (Fsp3) is 0.500. The zero-order chi connectivity index (χ0) is 18.1. The molecular weight excluding hydrogens is 332 g/mol. The molecule has 4 rings (SSSR count). The molecule has 1 aromatic heterocycles. The third-order valence-corrected chi connectivity index (χ3v) is 4.82. The van der Waals surface area contributed by atoms with Gasteiger partial charge in [0.15, 0.2) is 17.2 Å². The van der Waals surface area contributed by atoms with Crippen LogP contribution in [0.1, 0.15) is 66.9 Å². The lowest BCUT2D eigenvalue weighted by atomic mass is 9.95. The first-order chi connectivity index (χ1) is 12.6. The summed E-state index contributed by atoms with van der Waals surface area (Å²) in [6, 6.07) is 7.47. The number of hydrogen-bond acceptors (Lipinski definition) is 5. The van der Waals surface area contributed by atoms with E-state index in [1.165, 1.54) is 0 Å². The minimum atomic E-state index is -0.216. The van der Waals surface area contributed by atoms with Gasteiger partial charge in [-0.2, -0.15) is 0 Å². The summed E-state index contributed by atoms with van der Waals surface area (Å²) in [5.41, 5.74) is 1.33. The van der Waals surface area contributed by atoms with Gasteiger partial charge in [0.25, 0.3) is 5.91 Å². The molecule has 0 unspecified atom stereocenters. The van der Waals surface area contributed by atoms with E-state index in [2.05, 4.69) is 24.3 Å². The van der Waals surface area contributed by atoms with E-state index >= 15 is 0 Å². The maximum Gasteiger partial charge on any atom is 0.273 e. The molecule has 1 fully saturated rings. The van der Waals surface area contributed by atoms with Crippen molar-refractivity contribution in [2.45, 2.75) is 45.1 Å². The average molecular weight is 356 g/mol. The molecule has 2 heterocycles. The maximum atomic E-state index is 12.6. The number of ether oxygens (including phenoxy) is 2. The van der Waals surface area contributed by atoms with Gasteiger partial charge in [-0.05, 0) is 36.5 Å². The molecule has 1 aliphatic heterocycles. The molecule has 1 atom stereocenters. The maximum absolute atomic E-state index is 12.6. The molecule has 1 aliphatic carbocycles. The molecule has 26 heavy (non-hydrogen) atoms. The Bertz CT molecular complexity index is 795. The third kappa shape index (κ3) is 3.54. The Hall–Kier alpha value is -2.50. The second-order valence-corrected chi connectivity index (χ2v) is 7.34. The van der Waals surface area contributed by atoms with Crippen LogP contribution in [0.4, 0.5) is 0 Å². The van der Waals surface area contributed by atoms with Gasteiger partial charge in [-0.25, -0.2) is 0 Å². The number of nitrogens with one attached hydrogen (secondary N) is 1. The lowest BCUT2D eigenvalue weighted by molar-refractivity contribution is 0.0916. The van der Waals surface area contributed by atoms with Crippen molar-refractivity contribution in [3.63, 3.8) is 0 Å². The number of carbonyl (C=O) groups is 1. The molecule has 1 saturated carbocycles. The van der Waals surface area contributed by atoms with Crippen molar-refractivity contribution in [2.24, 2.45) is 5.92 Å². The first-order valence-corrected chi connectivity index (χ1v) is 9.29. The fourth-order valence-corrected chi connectivity index (χ4v) is 3.18. The second-order valence-electron chi connectivity index (χ2n) is 7.34. The van der Waals surface area contributed by atoms with Crippen molar-refractivity contribution in [1.29, 1.82) is 0 Å². The van der Waals surface area contributed by atoms with E-state index in [9.17, 15) is 4.79 Å². The Kier molecular flexibility index (Phi) is 4.57. The minimum Gasteiger partial charge on any atom is -0.490 e. The molecule has 6 nitrogen and oxygen atoms in total. The highest BCUT2D eigenvalue weighted by molar-refractivity contribution is 5.92. The Balaban J connectivity index is 1.53. The summed E-state index contributed by atoms with van der Waals surface area (Å²) in [5, 5.41) is 7.02. The van der Waals surface area contributed by atoms with E-state index in [0.29, 0.717) is 24.8 Å². The number of amides is 1. The number of nitrogens with zero attached hydrogens (tertiary/aromatic N) is 1. The van der Waals surface area contributed by atoms with E-state index in [-0.39, 0.29) is 17.9 Å². The van der Waals surface area contributed by atoms with Crippen LogP contribution < -0.4 is 14.8 Å². The molecule has 1 amide bonds. The third-order valence-electron chi connectivity index (χ3n) is 4.82. The van der Waals surface area contributed by atoms with E-state index in [1.54, 1.807) is 6.07 Å². The van der Waals surface area contributed by atoms with E-state index < -0.39 is 0 Å². The summed E-state index contributed by atoms with van der Waals surface area (Å²) in [4.78, 5) is 12.6. The number of aromatic nitrogens is 1. The number of carbonyl (C=O) groups excluding carboxylic acids is 1. The van der Waals surface area contributed by atoms with E-state index in [4.69, 9.17) is 14.0 Å². The summed E-state index contributed by atoms with van der Waals surface area (Å²) < 4.78 is 16.8. The molecule has 1 aromatic carbocycles. The monoisotopic (exact) mass is 356 g/mol. The van der Waals surface area contributed by atoms with Crippen molar-refractivity contribution in [1.82, 2.24) is 10.5 Å². The van der Waals surface area contributed by atoms with Crippen LogP contribution >= 0.6 is 0 Å². The van der Waals surface area contributed by atoms with Gasteiger partial charge < -0.3 is 19.3 Å². The van der Waals surface area contributed by atoms with Crippen LogP contribution in [0.5, 0.6) is 11.5 Å². The summed E-state index contributed by atoms with van der Waals surface area (Å²) in [6.07, 6.45) is 3.09. The SMILES string of the molecule is CC(C)[C@H](NC(=O)c1cc(C2CC2)on1)c1ccc2c(c1)OCCCO2. The number of benzene rings is 1. The van der Waals surface area contributed by atoms with Gasteiger partial charge >= 0.3 is 0 Å². The zero-order valence-corrected chi connectivity index (χ0v) is 15.2. The Morgan fingerprint density at radius 1 is 1.15 bits per heavy atom. The summed E-state index contributed by atoms with van der Waals surface area (Å²) in [6.45, 7) is 5.45. The summed E-state index contributed by atoms with van der Waals surface area (Å²) in [5.74, 6) is 2.73. The second kappa shape index (κ2) is 7.02.